The average Bonchev–Trinajstić information content (AvgIpc) is 2.61. The van der Waals surface area contributed by atoms with E-state index in [4.69, 9.17) is 4.74 Å². The third-order valence-corrected chi connectivity index (χ3v) is 3.47. The molecule has 142 valence electrons. The van der Waals surface area contributed by atoms with E-state index in [9.17, 15) is 23.2 Å². The van der Waals surface area contributed by atoms with Crippen LogP contribution in [-0.4, -0.2) is 30.4 Å². The molecule has 2 aromatic rings. The predicted octanol–water partition coefficient (Wildman–Crippen LogP) is 3.67. The highest BCUT2D eigenvalue weighted by molar-refractivity contribution is 6.02. The molecule has 27 heavy (non-hydrogen) atoms. The highest BCUT2D eigenvalue weighted by Crippen LogP contribution is 2.22. The molecule has 0 heterocycles. The first-order chi connectivity index (χ1) is 12.8. The van der Waals surface area contributed by atoms with E-state index in [0.717, 1.165) is 0 Å². The minimum Gasteiger partial charge on any atom is -0.451 e. The molecule has 0 spiro atoms. The van der Waals surface area contributed by atoms with Gasteiger partial charge in [0, 0.05) is 18.2 Å². The molecule has 0 saturated heterocycles. The van der Waals surface area contributed by atoms with Gasteiger partial charge < -0.3 is 14.8 Å². The molecule has 0 radical (unpaired) electrons. The van der Waals surface area contributed by atoms with Crippen LogP contribution >= 0.6 is 0 Å². The summed E-state index contributed by atoms with van der Waals surface area (Å²) >= 11 is 0. The molecule has 8 heteroatoms. The van der Waals surface area contributed by atoms with Gasteiger partial charge in [0.2, 0.25) is 11.7 Å². The molecular formula is C19H17F2NO5. The molecule has 0 saturated carbocycles. The van der Waals surface area contributed by atoms with Gasteiger partial charge in [0.05, 0.1) is 0 Å². The van der Waals surface area contributed by atoms with Gasteiger partial charge in [-0.05, 0) is 43.3 Å². The summed E-state index contributed by atoms with van der Waals surface area (Å²) in [5.74, 6) is -2.02. The largest absolute Gasteiger partial charge is 0.451 e. The number of ether oxygens (including phenoxy) is 2. The van der Waals surface area contributed by atoms with Gasteiger partial charge in [-0.3, -0.25) is 9.59 Å². The van der Waals surface area contributed by atoms with E-state index in [1.165, 1.54) is 62.4 Å². The summed E-state index contributed by atoms with van der Waals surface area (Å²) in [5, 5.41) is 2.56. The molecule has 1 N–H and O–H groups in total. The number of Topliss-reactive ketones (excluding diaryl/α,β-unsaturated/α-hetero) is 1. The molecule has 1 atom stereocenters. The third kappa shape index (κ3) is 5.60. The number of carbonyl (C=O) groups is 3. The van der Waals surface area contributed by atoms with Crippen LogP contribution in [0.25, 0.3) is 0 Å². The summed E-state index contributed by atoms with van der Waals surface area (Å²) in [4.78, 5) is 35.6. The molecule has 2 rings (SSSR count). The normalized spacial score (nSPS) is 11.6. The smallest absolute Gasteiger partial charge is 0.387 e. The summed E-state index contributed by atoms with van der Waals surface area (Å²) in [6.45, 7) is -0.366. The quantitative estimate of drug-likeness (QED) is 0.588. The van der Waals surface area contributed by atoms with Gasteiger partial charge in [0.25, 0.3) is 0 Å². The summed E-state index contributed by atoms with van der Waals surface area (Å²) < 4.78 is 34.2. The van der Waals surface area contributed by atoms with Crippen LogP contribution in [0.2, 0.25) is 0 Å². The molecule has 2 aromatic carbocycles. The molecule has 0 aliphatic carbocycles. The number of alkyl halides is 2. The van der Waals surface area contributed by atoms with Crippen LogP contribution in [0.4, 0.5) is 14.5 Å². The van der Waals surface area contributed by atoms with Crippen molar-refractivity contribution in [2.24, 2.45) is 0 Å². The van der Waals surface area contributed by atoms with Crippen molar-refractivity contribution in [3.63, 3.8) is 0 Å². The molecule has 0 fully saturated rings. The lowest BCUT2D eigenvalue weighted by molar-refractivity contribution is -0.114. The second-order valence-electron chi connectivity index (χ2n) is 5.54. The van der Waals surface area contributed by atoms with Gasteiger partial charge in [0.15, 0.2) is 6.10 Å². The molecule has 0 aliphatic rings. The Bertz CT molecular complexity index is 836. The first-order valence-electron chi connectivity index (χ1n) is 7.94. The fourth-order valence-corrected chi connectivity index (χ4v) is 2.27. The van der Waals surface area contributed by atoms with E-state index in [1.807, 2.05) is 0 Å². The molecule has 0 bridgehead atoms. The van der Waals surface area contributed by atoms with Crippen LogP contribution in [0.1, 0.15) is 34.6 Å². The van der Waals surface area contributed by atoms with Crippen LogP contribution in [0.15, 0.2) is 48.5 Å². The molecule has 1 unspecified atom stereocenters. The van der Waals surface area contributed by atoms with Crippen molar-refractivity contribution in [3.05, 3.63) is 59.7 Å². The number of ketones is 1. The second kappa shape index (κ2) is 8.88. The van der Waals surface area contributed by atoms with Crippen LogP contribution in [-0.2, 0) is 9.53 Å². The fourth-order valence-electron chi connectivity index (χ4n) is 2.27. The maximum Gasteiger partial charge on any atom is 0.387 e. The zero-order valence-corrected chi connectivity index (χ0v) is 14.6. The van der Waals surface area contributed by atoms with Gasteiger partial charge in [0.1, 0.15) is 11.3 Å². The minimum absolute atomic E-state index is 0.210. The summed E-state index contributed by atoms with van der Waals surface area (Å²) in [6.07, 6.45) is -1.15. The number of hydrogen-bond acceptors (Lipinski definition) is 5. The Labute approximate surface area is 154 Å². The Morgan fingerprint density at radius 1 is 1.00 bits per heavy atom. The molecule has 6 nitrogen and oxygen atoms in total. The first-order valence-corrected chi connectivity index (χ1v) is 7.94. The molecule has 0 aliphatic heterocycles. The van der Waals surface area contributed by atoms with Gasteiger partial charge >= 0.3 is 12.6 Å². The fraction of sp³-hybridized carbons (Fsp3) is 0.211. The van der Waals surface area contributed by atoms with Crippen molar-refractivity contribution >= 4 is 23.3 Å². The standard InChI is InChI=1S/C19H17F2NO5/c1-11(17(24)13-7-9-14(10-8-13)22-12(2)23)26-18(25)15-5-3-4-6-16(15)27-19(20)21/h3-11,19H,1-2H3,(H,22,23). The lowest BCUT2D eigenvalue weighted by atomic mass is 10.1. The van der Waals surface area contributed by atoms with Crippen LogP contribution in [0.3, 0.4) is 0 Å². The Morgan fingerprint density at radius 3 is 2.22 bits per heavy atom. The average molecular weight is 377 g/mol. The van der Waals surface area contributed by atoms with Crippen LogP contribution in [0.5, 0.6) is 5.75 Å². The van der Waals surface area contributed by atoms with E-state index < -0.39 is 24.5 Å². The van der Waals surface area contributed by atoms with Crippen molar-refractivity contribution in [1.29, 1.82) is 0 Å². The van der Waals surface area contributed by atoms with E-state index in [1.54, 1.807) is 0 Å². The Balaban J connectivity index is 2.08. The number of esters is 1. The maximum absolute atomic E-state index is 12.4. The number of halogens is 2. The number of benzene rings is 2. The van der Waals surface area contributed by atoms with Gasteiger partial charge in [-0.2, -0.15) is 8.78 Å². The van der Waals surface area contributed by atoms with Crippen molar-refractivity contribution in [2.75, 3.05) is 5.32 Å². The number of hydrogen-bond donors (Lipinski definition) is 1. The molecular weight excluding hydrogens is 360 g/mol. The van der Waals surface area contributed by atoms with Gasteiger partial charge in [-0.25, -0.2) is 4.79 Å². The Morgan fingerprint density at radius 2 is 1.63 bits per heavy atom. The number of carbonyl (C=O) groups excluding carboxylic acids is 3. The minimum atomic E-state index is -3.10. The maximum atomic E-state index is 12.4. The van der Waals surface area contributed by atoms with Crippen molar-refractivity contribution < 1.29 is 32.6 Å². The van der Waals surface area contributed by atoms with Gasteiger partial charge in [-0.15, -0.1) is 0 Å². The SMILES string of the molecule is CC(=O)Nc1ccc(C(=O)C(C)OC(=O)c2ccccc2OC(F)F)cc1. The number of para-hydroxylation sites is 1. The van der Waals surface area contributed by atoms with E-state index in [-0.39, 0.29) is 22.8 Å². The lowest BCUT2D eigenvalue weighted by Gasteiger charge is -2.14. The van der Waals surface area contributed by atoms with Crippen molar-refractivity contribution in [2.45, 2.75) is 26.6 Å². The number of rotatable bonds is 7. The van der Waals surface area contributed by atoms with Crippen LogP contribution in [0, 0.1) is 0 Å². The van der Waals surface area contributed by atoms with Crippen LogP contribution < -0.4 is 10.1 Å². The van der Waals surface area contributed by atoms with Crippen molar-refractivity contribution in [3.8, 4) is 5.75 Å². The number of anilines is 1. The zero-order valence-electron chi connectivity index (χ0n) is 14.6. The highest BCUT2D eigenvalue weighted by Gasteiger charge is 2.23. The monoisotopic (exact) mass is 377 g/mol. The first kappa shape index (κ1) is 20.0. The van der Waals surface area contributed by atoms with Gasteiger partial charge in [-0.1, -0.05) is 12.1 Å². The Kier molecular flexibility index (Phi) is 6.59. The molecule has 1 amide bonds. The number of amides is 1. The predicted molar refractivity (Wildman–Crippen MR) is 93.0 cm³/mol. The zero-order chi connectivity index (χ0) is 20.0. The molecule has 0 aromatic heterocycles. The topological polar surface area (TPSA) is 81.7 Å². The summed E-state index contributed by atoms with van der Waals surface area (Å²) in [7, 11) is 0. The Hall–Kier alpha value is -3.29. The highest BCUT2D eigenvalue weighted by atomic mass is 19.3. The third-order valence-electron chi connectivity index (χ3n) is 3.47. The van der Waals surface area contributed by atoms with Crippen molar-refractivity contribution in [1.82, 2.24) is 0 Å². The van der Waals surface area contributed by atoms with E-state index in [0.29, 0.717) is 5.69 Å². The summed E-state index contributed by atoms with van der Waals surface area (Å²) in [5.41, 5.74) is 0.571. The summed E-state index contributed by atoms with van der Waals surface area (Å²) in [6, 6.07) is 11.4. The number of nitrogens with one attached hydrogen (secondary N) is 1. The lowest BCUT2D eigenvalue weighted by Crippen LogP contribution is -2.25. The second-order valence-corrected chi connectivity index (χ2v) is 5.54. The van der Waals surface area contributed by atoms with E-state index in [2.05, 4.69) is 10.1 Å². The van der Waals surface area contributed by atoms with E-state index >= 15 is 0 Å².